The van der Waals surface area contributed by atoms with E-state index in [1.807, 2.05) is 11.0 Å². The Balaban J connectivity index is 1.64. The van der Waals surface area contributed by atoms with E-state index in [9.17, 15) is 23.3 Å². The third-order valence-electron chi connectivity index (χ3n) is 6.01. The molecule has 1 aliphatic heterocycles. The van der Waals surface area contributed by atoms with Crippen LogP contribution in [-0.4, -0.2) is 41.8 Å². The summed E-state index contributed by atoms with van der Waals surface area (Å²) in [7, 11) is -3.80. The van der Waals surface area contributed by atoms with Crippen LogP contribution in [0.3, 0.4) is 0 Å². The first-order valence-electron chi connectivity index (χ1n) is 10.6. The first-order chi connectivity index (χ1) is 15.2. The highest BCUT2D eigenvalue weighted by atomic mass is 32.2. The molecule has 2 heterocycles. The Kier molecular flexibility index (Phi) is 6.01. The van der Waals surface area contributed by atoms with Crippen molar-refractivity contribution in [3.63, 3.8) is 0 Å². The zero-order chi connectivity index (χ0) is 22.9. The van der Waals surface area contributed by atoms with Crippen molar-refractivity contribution in [2.45, 2.75) is 37.0 Å². The second-order valence-electron chi connectivity index (χ2n) is 8.39. The fourth-order valence-electron chi connectivity index (χ4n) is 4.15. The molecular weight excluding hydrogens is 430 g/mol. The lowest BCUT2D eigenvalue weighted by Gasteiger charge is -2.30. The van der Waals surface area contributed by atoms with Crippen LogP contribution in [0.5, 0.6) is 0 Å². The molecule has 1 fully saturated rings. The molecule has 0 aliphatic carbocycles. The molecule has 1 amide bonds. The normalized spacial score (nSPS) is 15.2. The van der Waals surface area contributed by atoms with Gasteiger partial charge in [-0.1, -0.05) is 37.3 Å². The summed E-state index contributed by atoms with van der Waals surface area (Å²) >= 11 is 0. The van der Waals surface area contributed by atoms with Crippen LogP contribution in [0, 0.1) is 16.0 Å². The number of hydrogen-bond acceptors (Lipinski definition) is 5. The quantitative estimate of drug-likeness (QED) is 0.416. The topological polar surface area (TPSA) is 103 Å². The lowest BCUT2D eigenvalue weighted by molar-refractivity contribution is -0.384. The molecule has 0 atom stereocenters. The van der Waals surface area contributed by atoms with Crippen LogP contribution < -0.4 is 0 Å². The number of para-hydroxylation sites is 1. The molecule has 0 saturated carbocycles. The van der Waals surface area contributed by atoms with E-state index in [0.29, 0.717) is 22.4 Å². The number of carbonyl (C=O) groups is 1. The van der Waals surface area contributed by atoms with Crippen molar-refractivity contribution in [3.05, 3.63) is 70.4 Å². The Bertz CT molecular complexity index is 1270. The summed E-state index contributed by atoms with van der Waals surface area (Å²) in [5, 5.41) is 11.6. The van der Waals surface area contributed by atoms with Crippen molar-refractivity contribution in [1.29, 1.82) is 0 Å². The minimum atomic E-state index is -3.80. The van der Waals surface area contributed by atoms with Crippen molar-refractivity contribution in [2.75, 3.05) is 13.1 Å². The van der Waals surface area contributed by atoms with Gasteiger partial charge in [0.2, 0.25) is 5.91 Å². The number of hydrogen-bond donors (Lipinski definition) is 0. The number of benzene rings is 2. The van der Waals surface area contributed by atoms with E-state index >= 15 is 0 Å². The van der Waals surface area contributed by atoms with Gasteiger partial charge in [0.15, 0.2) is 9.84 Å². The smallest absolute Gasteiger partial charge is 0.269 e. The number of nitro groups is 1. The van der Waals surface area contributed by atoms with Gasteiger partial charge in [-0.25, -0.2) is 8.42 Å². The van der Waals surface area contributed by atoms with E-state index in [1.165, 1.54) is 24.4 Å². The van der Waals surface area contributed by atoms with Crippen LogP contribution in [0.25, 0.3) is 10.9 Å². The van der Waals surface area contributed by atoms with Crippen LogP contribution in [0.1, 0.15) is 25.3 Å². The Morgan fingerprint density at radius 1 is 1.12 bits per heavy atom. The number of aromatic nitrogens is 1. The minimum absolute atomic E-state index is 0.0275. The average molecular weight is 456 g/mol. The highest BCUT2D eigenvalue weighted by molar-refractivity contribution is 7.90. The molecule has 168 valence electrons. The molecule has 1 aromatic heterocycles. The fraction of sp³-hybridized carbons (Fsp3) is 0.348. The summed E-state index contributed by atoms with van der Waals surface area (Å²) in [6.45, 7) is 3.69. The van der Waals surface area contributed by atoms with E-state index < -0.39 is 14.8 Å². The summed E-state index contributed by atoms with van der Waals surface area (Å²) < 4.78 is 28.2. The summed E-state index contributed by atoms with van der Waals surface area (Å²) in [5.41, 5.74) is 0.861. The average Bonchev–Trinajstić information content (AvgIpc) is 3.13. The van der Waals surface area contributed by atoms with Crippen molar-refractivity contribution in [2.24, 2.45) is 5.92 Å². The molecule has 2 aromatic carbocycles. The minimum Gasteiger partial charge on any atom is -0.341 e. The molecule has 4 rings (SSSR count). The third kappa shape index (κ3) is 4.52. The number of non-ortho nitro benzene ring substituents is 1. The maximum absolute atomic E-state index is 13.3. The fourth-order valence-corrected chi connectivity index (χ4v) is 5.72. The molecule has 9 heteroatoms. The van der Waals surface area contributed by atoms with Crippen LogP contribution in [0.4, 0.5) is 5.69 Å². The van der Waals surface area contributed by atoms with Crippen LogP contribution in [0.15, 0.2) is 59.6 Å². The largest absolute Gasteiger partial charge is 0.341 e. The number of rotatable bonds is 6. The lowest BCUT2D eigenvalue weighted by atomic mass is 9.99. The zero-order valence-electron chi connectivity index (χ0n) is 17.8. The maximum atomic E-state index is 13.3. The predicted molar refractivity (Wildman–Crippen MR) is 121 cm³/mol. The summed E-state index contributed by atoms with van der Waals surface area (Å²) in [5.74, 6) is 0.220. The molecule has 0 radical (unpaired) electrons. The molecule has 0 spiro atoms. The summed E-state index contributed by atoms with van der Waals surface area (Å²) in [6.07, 6.45) is 3.46. The van der Waals surface area contributed by atoms with Gasteiger partial charge in [-0.2, -0.15) is 0 Å². The third-order valence-corrected chi connectivity index (χ3v) is 7.72. The number of nitro benzene ring substituents is 1. The van der Waals surface area contributed by atoms with Gasteiger partial charge in [0.1, 0.15) is 6.54 Å². The van der Waals surface area contributed by atoms with Gasteiger partial charge in [0.25, 0.3) is 5.69 Å². The number of sulfone groups is 1. The van der Waals surface area contributed by atoms with Crippen LogP contribution in [0.2, 0.25) is 0 Å². The predicted octanol–water partition coefficient (Wildman–Crippen LogP) is 3.78. The second kappa shape index (κ2) is 8.74. The Labute approximate surface area is 186 Å². The number of carbonyl (C=O) groups excluding carboxylic acids is 1. The molecule has 32 heavy (non-hydrogen) atoms. The van der Waals surface area contributed by atoms with E-state index in [0.717, 1.165) is 25.9 Å². The Hall–Kier alpha value is -3.20. The molecule has 1 aliphatic rings. The van der Waals surface area contributed by atoms with Gasteiger partial charge in [0.05, 0.1) is 15.6 Å². The summed E-state index contributed by atoms with van der Waals surface area (Å²) in [6, 6.07) is 12.7. The van der Waals surface area contributed by atoms with Crippen molar-refractivity contribution in [1.82, 2.24) is 9.47 Å². The van der Waals surface area contributed by atoms with E-state index in [1.54, 1.807) is 28.8 Å². The number of likely N-dealkylation sites (tertiary alicyclic amines) is 1. The molecule has 0 bridgehead atoms. The molecule has 1 saturated heterocycles. The zero-order valence-corrected chi connectivity index (χ0v) is 18.6. The van der Waals surface area contributed by atoms with Crippen molar-refractivity contribution < 1.29 is 18.1 Å². The van der Waals surface area contributed by atoms with Crippen LogP contribution in [-0.2, 0) is 26.9 Å². The molecule has 8 nitrogen and oxygen atoms in total. The Morgan fingerprint density at radius 3 is 2.56 bits per heavy atom. The maximum Gasteiger partial charge on any atom is 0.269 e. The van der Waals surface area contributed by atoms with Gasteiger partial charge in [-0.05, 0) is 30.4 Å². The molecule has 3 aromatic rings. The molecular formula is C23H25N3O5S. The van der Waals surface area contributed by atoms with E-state index in [4.69, 9.17) is 0 Å². The monoisotopic (exact) mass is 455 g/mol. The second-order valence-corrected chi connectivity index (χ2v) is 10.3. The lowest BCUT2D eigenvalue weighted by Crippen LogP contribution is -2.39. The SMILES string of the molecule is CC1CCN(C(=O)Cn2cc(S(=O)(=O)Cc3cccc([N+](=O)[O-])c3)c3ccccc32)CC1. The number of amides is 1. The van der Waals surface area contributed by atoms with Gasteiger partial charge in [-0.15, -0.1) is 0 Å². The van der Waals surface area contributed by atoms with E-state index in [-0.39, 0.29) is 28.8 Å². The van der Waals surface area contributed by atoms with Gasteiger partial charge >= 0.3 is 0 Å². The van der Waals surface area contributed by atoms with Crippen molar-refractivity contribution >= 4 is 32.3 Å². The first kappa shape index (κ1) is 22.0. The van der Waals surface area contributed by atoms with Gasteiger partial charge in [-0.3, -0.25) is 14.9 Å². The molecule has 0 N–H and O–H groups in total. The standard InChI is InChI=1S/C23H25N3O5S/c1-17-9-11-24(12-10-17)23(27)15-25-14-22(20-7-2-3-8-21(20)25)32(30,31)16-18-5-4-6-19(13-18)26(28)29/h2-8,13-14,17H,9-12,15-16H2,1H3. The Morgan fingerprint density at radius 2 is 1.84 bits per heavy atom. The van der Waals surface area contributed by atoms with Crippen LogP contribution >= 0.6 is 0 Å². The van der Waals surface area contributed by atoms with Gasteiger partial charge < -0.3 is 9.47 Å². The van der Waals surface area contributed by atoms with Gasteiger partial charge in [0, 0.05) is 42.3 Å². The van der Waals surface area contributed by atoms with E-state index in [2.05, 4.69) is 6.92 Å². The van der Waals surface area contributed by atoms with Crippen molar-refractivity contribution in [3.8, 4) is 0 Å². The number of fused-ring (bicyclic) bond motifs is 1. The first-order valence-corrected chi connectivity index (χ1v) is 12.2. The highest BCUT2D eigenvalue weighted by Crippen LogP contribution is 2.29. The highest BCUT2D eigenvalue weighted by Gasteiger charge is 2.25. The molecule has 0 unspecified atom stereocenters. The number of nitrogens with zero attached hydrogens (tertiary/aromatic N) is 3. The summed E-state index contributed by atoms with van der Waals surface area (Å²) in [4.78, 5) is 25.3. The number of piperidine rings is 1.